The molecule has 2 heterocycles. The number of hydrogen-bond acceptors (Lipinski definition) is 3. The van der Waals surface area contributed by atoms with Crippen LogP contribution in [0.15, 0.2) is 24.3 Å². The van der Waals surface area contributed by atoms with E-state index in [2.05, 4.69) is 10.3 Å². The third-order valence-corrected chi connectivity index (χ3v) is 3.65. The summed E-state index contributed by atoms with van der Waals surface area (Å²) in [7, 11) is 0. The van der Waals surface area contributed by atoms with Crippen LogP contribution in [0.1, 0.15) is 38.6 Å². The summed E-state index contributed by atoms with van der Waals surface area (Å²) in [5.41, 5.74) is 1.90. The van der Waals surface area contributed by atoms with Gasteiger partial charge < -0.3 is 14.6 Å². The van der Waals surface area contributed by atoms with E-state index in [4.69, 9.17) is 4.74 Å². The number of rotatable bonds is 4. The van der Waals surface area contributed by atoms with Crippen LogP contribution in [0.25, 0.3) is 11.0 Å². The number of carbonyl (C=O) groups is 1. The number of benzene rings is 1. The second kappa shape index (κ2) is 5.85. The van der Waals surface area contributed by atoms with E-state index in [0.717, 1.165) is 36.3 Å². The Morgan fingerprint density at radius 1 is 1.48 bits per heavy atom. The van der Waals surface area contributed by atoms with Crippen molar-refractivity contribution in [2.45, 2.75) is 45.4 Å². The molecule has 0 unspecified atom stereocenters. The lowest BCUT2D eigenvalue weighted by Crippen LogP contribution is -2.33. The molecule has 0 spiro atoms. The van der Waals surface area contributed by atoms with Crippen LogP contribution in [0.3, 0.4) is 0 Å². The molecule has 0 aliphatic carbocycles. The normalized spacial score (nSPS) is 18.5. The Kier molecular flexibility index (Phi) is 3.92. The zero-order chi connectivity index (χ0) is 14.8. The molecule has 0 saturated carbocycles. The Balaban J connectivity index is 1.97. The molecule has 1 atom stereocenters. The Hall–Kier alpha value is -1.88. The molecule has 0 radical (unpaired) electrons. The minimum atomic E-state index is 0.00394. The molecule has 1 saturated heterocycles. The number of para-hydroxylation sites is 2. The molecule has 5 nitrogen and oxygen atoms in total. The van der Waals surface area contributed by atoms with Crippen molar-refractivity contribution in [3.63, 3.8) is 0 Å². The zero-order valence-corrected chi connectivity index (χ0v) is 12.5. The van der Waals surface area contributed by atoms with E-state index >= 15 is 0 Å². The number of amides is 1. The van der Waals surface area contributed by atoms with E-state index < -0.39 is 0 Å². The van der Waals surface area contributed by atoms with Gasteiger partial charge >= 0.3 is 0 Å². The molecule has 112 valence electrons. The molecule has 5 heteroatoms. The number of carbonyl (C=O) groups excluding carboxylic acids is 1. The van der Waals surface area contributed by atoms with Crippen molar-refractivity contribution in [1.29, 1.82) is 0 Å². The lowest BCUT2D eigenvalue weighted by molar-refractivity contribution is -0.122. The highest BCUT2D eigenvalue weighted by Crippen LogP contribution is 2.30. The summed E-state index contributed by atoms with van der Waals surface area (Å²) in [6, 6.07) is 8.06. The maximum Gasteiger partial charge on any atom is 0.240 e. The van der Waals surface area contributed by atoms with Crippen LogP contribution in [-0.4, -0.2) is 28.1 Å². The molecule has 1 aromatic carbocycles. The van der Waals surface area contributed by atoms with Gasteiger partial charge in [0, 0.05) is 12.6 Å². The number of imidazole rings is 1. The molecule has 1 aliphatic rings. The molecule has 1 aliphatic heterocycles. The first-order valence-corrected chi connectivity index (χ1v) is 7.51. The summed E-state index contributed by atoms with van der Waals surface area (Å²) < 4.78 is 7.75. The number of ether oxygens (including phenoxy) is 1. The van der Waals surface area contributed by atoms with Gasteiger partial charge in [-0.15, -0.1) is 0 Å². The molecule has 1 N–H and O–H groups in total. The average Bonchev–Trinajstić information content (AvgIpc) is 3.06. The minimum Gasteiger partial charge on any atom is -0.370 e. The van der Waals surface area contributed by atoms with Crippen molar-refractivity contribution in [3.05, 3.63) is 30.1 Å². The topological polar surface area (TPSA) is 56.2 Å². The van der Waals surface area contributed by atoms with Crippen LogP contribution in [0.5, 0.6) is 0 Å². The predicted molar refractivity (Wildman–Crippen MR) is 80.9 cm³/mol. The summed E-state index contributed by atoms with van der Waals surface area (Å²) in [5.74, 6) is 0.875. The highest BCUT2D eigenvalue weighted by molar-refractivity contribution is 5.81. The van der Waals surface area contributed by atoms with Gasteiger partial charge in [0.25, 0.3) is 0 Å². The molecular weight excluding hydrogens is 266 g/mol. The standard InChI is InChI=1S/C16H21N3O2/c1-11(2)17-15(20)10-19-13-7-4-3-6-12(13)18-16(19)14-8-5-9-21-14/h3-4,6-7,11,14H,5,8-10H2,1-2H3,(H,17,20)/t14-/m1/s1. The maximum absolute atomic E-state index is 12.1. The number of aromatic nitrogens is 2. The highest BCUT2D eigenvalue weighted by atomic mass is 16.5. The van der Waals surface area contributed by atoms with Crippen molar-refractivity contribution in [1.82, 2.24) is 14.9 Å². The quantitative estimate of drug-likeness (QED) is 0.939. The molecule has 2 aromatic rings. The third-order valence-electron chi connectivity index (χ3n) is 3.65. The second-order valence-corrected chi connectivity index (χ2v) is 5.77. The van der Waals surface area contributed by atoms with Gasteiger partial charge in [0.2, 0.25) is 5.91 Å². The van der Waals surface area contributed by atoms with E-state index in [-0.39, 0.29) is 24.6 Å². The number of hydrogen-bond donors (Lipinski definition) is 1. The largest absolute Gasteiger partial charge is 0.370 e. The van der Waals surface area contributed by atoms with Gasteiger partial charge in [0.05, 0.1) is 11.0 Å². The maximum atomic E-state index is 12.1. The first kappa shape index (κ1) is 14.1. The van der Waals surface area contributed by atoms with E-state index in [1.165, 1.54) is 0 Å². The van der Waals surface area contributed by atoms with Crippen LogP contribution in [0.4, 0.5) is 0 Å². The van der Waals surface area contributed by atoms with Gasteiger partial charge in [-0.3, -0.25) is 4.79 Å². The average molecular weight is 287 g/mol. The van der Waals surface area contributed by atoms with Crippen LogP contribution >= 0.6 is 0 Å². The van der Waals surface area contributed by atoms with Gasteiger partial charge in [0.1, 0.15) is 18.5 Å². The minimum absolute atomic E-state index is 0.00394. The zero-order valence-electron chi connectivity index (χ0n) is 12.5. The van der Waals surface area contributed by atoms with Crippen molar-refractivity contribution in [2.24, 2.45) is 0 Å². The van der Waals surface area contributed by atoms with Crippen LogP contribution in [0.2, 0.25) is 0 Å². The molecule has 0 bridgehead atoms. The van der Waals surface area contributed by atoms with Crippen LogP contribution < -0.4 is 5.32 Å². The second-order valence-electron chi connectivity index (χ2n) is 5.77. The lowest BCUT2D eigenvalue weighted by Gasteiger charge is -2.14. The SMILES string of the molecule is CC(C)NC(=O)Cn1c([C@H]2CCCO2)nc2ccccc21. The van der Waals surface area contributed by atoms with E-state index in [1.807, 2.05) is 42.7 Å². The summed E-state index contributed by atoms with van der Waals surface area (Å²) in [6.07, 6.45) is 2.02. The molecule has 1 aromatic heterocycles. The van der Waals surface area contributed by atoms with Crippen molar-refractivity contribution >= 4 is 16.9 Å². The van der Waals surface area contributed by atoms with Crippen molar-refractivity contribution in [3.8, 4) is 0 Å². The molecule has 1 amide bonds. The summed E-state index contributed by atoms with van der Waals surface area (Å²) >= 11 is 0. The molecule has 21 heavy (non-hydrogen) atoms. The smallest absolute Gasteiger partial charge is 0.240 e. The van der Waals surface area contributed by atoms with Gasteiger partial charge in [-0.25, -0.2) is 4.98 Å². The Morgan fingerprint density at radius 2 is 2.29 bits per heavy atom. The number of fused-ring (bicyclic) bond motifs is 1. The Labute approximate surface area is 124 Å². The van der Waals surface area contributed by atoms with Gasteiger partial charge in [-0.2, -0.15) is 0 Å². The first-order chi connectivity index (χ1) is 10.1. The van der Waals surface area contributed by atoms with E-state index in [9.17, 15) is 4.79 Å². The Morgan fingerprint density at radius 3 is 3.00 bits per heavy atom. The van der Waals surface area contributed by atoms with E-state index in [0.29, 0.717) is 0 Å². The fourth-order valence-electron chi connectivity index (χ4n) is 2.80. The predicted octanol–water partition coefficient (Wildman–Crippen LogP) is 2.41. The van der Waals surface area contributed by atoms with E-state index in [1.54, 1.807) is 0 Å². The fourth-order valence-corrected chi connectivity index (χ4v) is 2.80. The molecular formula is C16H21N3O2. The number of nitrogens with zero attached hydrogens (tertiary/aromatic N) is 2. The lowest BCUT2D eigenvalue weighted by atomic mass is 10.2. The monoisotopic (exact) mass is 287 g/mol. The summed E-state index contributed by atoms with van der Waals surface area (Å²) in [5, 5.41) is 2.94. The molecule has 3 rings (SSSR count). The molecule has 1 fully saturated rings. The third kappa shape index (κ3) is 2.93. The Bertz CT molecular complexity index is 642. The van der Waals surface area contributed by atoms with Gasteiger partial charge in [-0.1, -0.05) is 12.1 Å². The van der Waals surface area contributed by atoms with Gasteiger partial charge in [0.15, 0.2) is 0 Å². The summed E-state index contributed by atoms with van der Waals surface area (Å²) in [6.45, 7) is 4.98. The number of nitrogens with one attached hydrogen (secondary N) is 1. The van der Waals surface area contributed by atoms with Crippen molar-refractivity contribution < 1.29 is 9.53 Å². The first-order valence-electron chi connectivity index (χ1n) is 7.51. The van der Waals surface area contributed by atoms with Crippen LogP contribution in [-0.2, 0) is 16.1 Å². The fraction of sp³-hybridized carbons (Fsp3) is 0.500. The highest BCUT2D eigenvalue weighted by Gasteiger charge is 2.25. The van der Waals surface area contributed by atoms with Crippen molar-refractivity contribution in [2.75, 3.05) is 6.61 Å². The van der Waals surface area contributed by atoms with Gasteiger partial charge in [-0.05, 0) is 38.8 Å². The summed E-state index contributed by atoms with van der Waals surface area (Å²) in [4.78, 5) is 16.8. The van der Waals surface area contributed by atoms with Crippen LogP contribution in [0, 0.1) is 0 Å².